The second-order valence-electron chi connectivity index (χ2n) is 5.04. The molecule has 0 amide bonds. The molecule has 0 saturated carbocycles. The Morgan fingerprint density at radius 1 is 1.21 bits per heavy atom. The molecule has 1 aromatic carbocycles. The van der Waals surface area contributed by atoms with E-state index in [9.17, 15) is 0 Å². The van der Waals surface area contributed by atoms with Gasteiger partial charge >= 0.3 is 0 Å². The molecule has 0 radical (unpaired) electrons. The molecule has 1 unspecified atom stereocenters. The van der Waals surface area contributed by atoms with E-state index in [1.54, 1.807) is 11.3 Å². The second kappa shape index (κ2) is 6.33. The highest BCUT2D eigenvalue weighted by Crippen LogP contribution is 2.26. The molecule has 2 N–H and O–H groups in total. The molecule has 2 nitrogen and oxygen atoms in total. The lowest BCUT2D eigenvalue weighted by Gasteiger charge is -2.28. The van der Waals surface area contributed by atoms with Gasteiger partial charge in [-0.05, 0) is 49.0 Å². The molecule has 0 saturated heterocycles. The Morgan fingerprint density at radius 2 is 2.00 bits per heavy atom. The van der Waals surface area contributed by atoms with Gasteiger partial charge in [-0.25, -0.2) is 0 Å². The summed E-state index contributed by atoms with van der Waals surface area (Å²) in [5, 5.41) is 2.12. The van der Waals surface area contributed by atoms with Crippen LogP contribution < -0.4 is 5.73 Å². The molecule has 2 rings (SSSR count). The average Bonchev–Trinajstić information content (AvgIpc) is 2.88. The van der Waals surface area contributed by atoms with Crippen LogP contribution in [0.4, 0.5) is 0 Å². The summed E-state index contributed by atoms with van der Waals surface area (Å²) in [6, 6.07) is 11.0. The normalized spacial score (nSPS) is 12.9. The summed E-state index contributed by atoms with van der Waals surface area (Å²) in [6.45, 7) is 5.94. The van der Waals surface area contributed by atoms with Crippen molar-refractivity contribution in [1.29, 1.82) is 0 Å². The number of nitrogens with zero attached hydrogens (tertiary/aromatic N) is 1. The third kappa shape index (κ3) is 3.24. The minimum atomic E-state index is 0.280. The number of hydrogen-bond donors (Lipinski definition) is 1. The van der Waals surface area contributed by atoms with Gasteiger partial charge in [-0.3, -0.25) is 4.90 Å². The van der Waals surface area contributed by atoms with Crippen molar-refractivity contribution in [2.45, 2.75) is 26.4 Å². The Morgan fingerprint density at radius 3 is 2.63 bits per heavy atom. The van der Waals surface area contributed by atoms with E-state index in [1.807, 2.05) is 0 Å². The van der Waals surface area contributed by atoms with Crippen LogP contribution in [0.25, 0.3) is 0 Å². The molecule has 102 valence electrons. The molecule has 3 heteroatoms. The highest BCUT2D eigenvalue weighted by atomic mass is 32.1. The summed E-state index contributed by atoms with van der Waals surface area (Å²) in [5.74, 6) is 0. The summed E-state index contributed by atoms with van der Waals surface area (Å²) in [6.07, 6.45) is 0. The quantitative estimate of drug-likeness (QED) is 0.904. The highest BCUT2D eigenvalue weighted by molar-refractivity contribution is 7.09. The fourth-order valence-electron chi connectivity index (χ4n) is 2.44. The number of likely N-dealkylation sites (N-methyl/N-ethyl adjacent to an activating group) is 1. The van der Waals surface area contributed by atoms with Gasteiger partial charge in [0.05, 0.1) is 0 Å². The largest absolute Gasteiger partial charge is 0.329 e. The van der Waals surface area contributed by atoms with Gasteiger partial charge in [0, 0.05) is 24.0 Å². The van der Waals surface area contributed by atoms with Crippen LogP contribution in [0.2, 0.25) is 0 Å². The van der Waals surface area contributed by atoms with Crippen LogP contribution in [-0.2, 0) is 6.54 Å². The number of aryl methyl sites for hydroxylation is 1. The van der Waals surface area contributed by atoms with Crippen molar-refractivity contribution >= 4 is 11.3 Å². The van der Waals surface area contributed by atoms with E-state index in [1.165, 1.54) is 21.6 Å². The Bertz CT molecular complexity index is 520. The number of thiophene rings is 1. The first kappa shape index (κ1) is 14.3. The Labute approximate surface area is 119 Å². The zero-order valence-corrected chi connectivity index (χ0v) is 12.7. The Kier molecular flexibility index (Phi) is 4.75. The van der Waals surface area contributed by atoms with Gasteiger partial charge in [0.15, 0.2) is 0 Å². The predicted octanol–water partition coefficient (Wildman–Crippen LogP) is 3.50. The van der Waals surface area contributed by atoms with E-state index >= 15 is 0 Å². The van der Waals surface area contributed by atoms with Gasteiger partial charge in [-0.2, -0.15) is 0 Å². The van der Waals surface area contributed by atoms with E-state index < -0.39 is 0 Å². The lowest BCUT2D eigenvalue weighted by atomic mass is 9.96. The summed E-state index contributed by atoms with van der Waals surface area (Å²) in [4.78, 5) is 3.72. The highest BCUT2D eigenvalue weighted by Gasteiger charge is 2.18. The van der Waals surface area contributed by atoms with E-state index in [4.69, 9.17) is 5.73 Å². The monoisotopic (exact) mass is 274 g/mol. The third-order valence-corrected chi connectivity index (χ3v) is 4.61. The first-order chi connectivity index (χ1) is 9.13. The minimum absolute atomic E-state index is 0.280. The van der Waals surface area contributed by atoms with Gasteiger partial charge in [0.1, 0.15) is 0 Å². The second-order valence-corrected chi connectivity index (χ2v) is 6.07. The SMILES string of the molecule is Cc1cccc(C(CN)N(C)Cc2cccs2)c1C. The average molecular weight is 274 g/mol. The maximum atomic E-state index is 6.02. The fourth-order valence-corrected chi connectivity index (χ4v) is 3.20. The van der Waals surface area contributed by atoms with Crippen molar-refractivity contribution in [1.82, 2.24) is 4.90 Å². The molecule has 0 bridgehead atoms. The first-order valence-corrected chi connectivity index (χ1v) is 7.50. The maximum absolute atomic E-state index is 6.02. The van der Waals surface area contributed by atoms with Crippen LogP contribution in [0, 0.1) is 13.8 Å². The Hall–Kier alpha value is -1.16. The van der Waals surface area contributed by atoms with Gasteiger partial charge in [0.25, 0.3) is 0 Å². The van der Waals surface area contributed by atoms with Crippen molar-refractivity contribution in [2.24, 2.45) is 5.73 Å². The van der Waals surface area contributed by atoms with Crippen molar-refractivity contribution in [3.8, 4) is 0 Å². The van der Waals surface area contributed by atoms with Crippen molar-refractivity contribution < 1.29 is 0 Å². The molecule has 1 atom stereocenters. The Balaban J connectivity index is 2.21. The van der Waals surface area contributed by atoms with Gasteiger partial charge in [0.2, 0.25) is 0 Å². The molecule has 0 aliphatic carbocycles. The fraction of sp³-hybridized carbons (Fsp3) is 0.375. The van der Waals surface area contributed by atoms with Crippen LogP contribution in [-0.4, -0.2) is 18.5 Å². The van der Waals surface area contributed by atoms with Crippen LogP contribution in [0.3, 0.4) is 0 Å². The van der Waals surface area contributed by atoms with Gasteiger partial charge in [-0.1, -0.05) is 24.3 Å². The molecular weight excluding hydrogens is 252 g/mol. The van der Waals surface area contributed by atoms with Gasteiger partial charge < -0.3 is 5.73 Å². The van der Waals surface area contributed by atoms with Crippen molar-refractivity contribution in [2.75, 3.05) is 13.6 Å². The third-order valence-electron chi connectivity index (χ3n) is 3.75. The first-order valence-electron chi connectivity index (χ1n) is 6.62. The number of benzene rings is 1. The molecule has 19 heavy (non-hydrogen) atoms. The molecule has 0 aliphatic rings. The summed E-state index contributed by atoms with van der Waals surface area (Å²) >= 11 is 1.80. The minimum Gasteiger partial charge on any atom is -0.329 e. The molecule has 0 aliphatic heterocycles. The summed E-state index contributed by atoms with van der Waals surface area (Å²) in [5.41, 5.74) is 10.1. The molecule has 1 heterocycles. The van der Waals surface area contributed by atoms with E-state index in [0.717, 1.165) is 6.54 Å². The lowest BCUT2D eigenvalue weighted by molar-refractivity contribution is 0.243. The number of rotatable bonds is 5. The van der Waals surface area contributed by atoms with Crippen LogP contribution >= 0.6 is 11.3 Å². The van der Waals surface area contributed by atoms with Crippen LogP contribution in [0.15, 0.2) is 35.7 Å². The molecular formula is C16H22N2S. The molecule has 1 aromatic heterocycles. The summed E-state index contributed by atoms with van der Waals surface area (Å²) < 4.78 is 0. The zero-order valence-electron chi connectivity index (χ0n) is 11.9. The molecule has 0 fully saturated rings. The lowest BCUT2D eigenvalue weighted by Crippen LogP contribution is -2.30. The van der Waals surface area contributed by atoms with Crippen LogP contribution in [0.1, 0.15) is 27.6 Å². The van der Waals surface area contributed by atoms with Crippen LogP contribution in [0.5, 0.6) is 0 Å². The number of nitrogens with two attached hydrogens (primary N) is 1. The van der Waals surface area contributed by atoms with Crippen molar-refractivity contribution in [3.05, 3.63) is 57.3 Å². The van der Waals surface area contributed by atoms with E-state index in [-0.39, 0.29) is 6.04 Å². The smallest absolute Gasteiger partial charge is 0.0474 e. The summed E-state index contributed by atoms with van der Waals surface area (Å²) in [7, 11) is 2.15. The molecule has 2 aromatic rings. The number of hydrogen-bond acceptors (Lipinski definition) is 3. The topological polar surface area (TPSA) is 29.3 Å². The molecule has 0 spiro atoms. The maximum Gasteiger partial charge on any atom is 0.0474 e. The zero-order chi connectivity index (χ0) is 13.8. The van der Waals surface area contributed by atoms with E-state index in [0.29, 0.717) is 6.54 Å². The van der Waals surface area contributed by atoms with E-state index in [2.05, 4.69) is 61.5 Å². The predicted molar refractivity (Wildman–Crippen MR) is 83.5 cm³/mol. The van der Waals surface area contributed by atoms with Crippen molar-refractivity contribution in [3.63, 3.8) is 0 Å². The van der Waals surface area contributed by atoms with Gasteiger partial charge in [-0.15, -0.1) is 11.3 Å². The standard InChI is InChI=1S/C16H22N2S/c1-12-6-4-8-15(13(12)2)16(10-17)18(3)11-14-7-5-9-19-14/h4-9,16H,10-11,17H2,1-3H3.